The molecule has 0 fully saturated rings. The second-order valence-electron chi connectivity index (χ2n) is 3.33. The van der Waals surface area contributed by atoms with Gasteiger partial charge in [-0.15, -0.1) is 11.8 Å². The molecule has 1 amide bonds. The van der Waals surface area contributed by atoms with Crippen LogP contribution in [-0.2, 0) is 4.79 Å². The zero-order chi connectivity index (χ0) is 13.5. The van der Waals surface area contributed by atoms with E-state index in [-0.39, 0.29) is 17.9 Å². The minimum Gasteiger partial charge on any atom is -0.481 e. The van der Waals surface area contributed by atoms with Gasteiger partial charge in [0.25, 0.3) is 5.91 Å². The predicted octanol–water partition coefficient (Wildman–Crippen LogP) is 1.51. The Balaban J connectivity index is 2.36. The number of benzene rings is 1. The Morgan fingerprint density at radius 2 is 2.00 bits per heavy atom. The molecule has 0 bridgehead atoms. The van der Waals surface area contributed by atoms with Gasteiger partial charge in [0.05, 0.1) is 5.75 Å². The summed E-state index contributed by atoms with van der Waals surface area (Å²) in [6.07, 6.45) is 0. The predicted molar refractivity (Wildman–Crippen MR) is 63.7 cm³/mol. The van der Waals surface area contributed by atoms with Gasteiger partial charge in [-0.05, 0) is 18.2 Å². The highest BCUT2D eigenvalue weighted by Crippen LogP contribution is 2.08. The molecule has 1 aromatic rings. The summed E-state index contributed by atoms with van der Waals surface area (Å²) >= 11 is 1.16. The molecule has 0 saturated heterocycles. The summed E-state index contributed by atoms with van der Waals surface area (Å²) < 4.78 is 25.5. The first kappa shape index (κ1) is 14.4. The van der Waals surface area contributed by atoms with E-state index in [1.54, 1.807) is 0 Å². The Morgan fingerprint density at radius 3 is 2.61 bits per heavy atom. The van der Waals surface area contributed by atoms with Gasteiger partial charge in [-0.1, -0.05) is 0 Å². The van der Waals surface area contributed by atoms with Gasteiger partial charge in [0.2, 0.25) is 0 Å². The van der Waals surface area contributed by atoms with Crippen molar-refractivity contribution < 1.29 is 23.5 Å². The highest BCUT2D eigenvalue weighted by molar-refractivity contribution is 7.99. The van der Waals surface area contributed by atoms with Crippen LogP contribution in [0, 0.1) is 11.6 Å². The van der Waals surface area contributed by atoms with E-state index in [2.05, 4.69) is 5.32 Å². The molecule has 0 aliphatic carbocycles. The molecule has 0 aliphatic heterocycles. The van der Waals surface area contributed by atoms with Crippen molar-refractivity contribution in [2.75, 3.05) is 18.1 Å². The molecule has 18 heavy (non-hydrogen) atoms. The fraction of sp³-hybridized carbons (Fsp3) is 0.273. The molecule has 0 heterocycles. The Hall–Kier alpha value is -1.63. The summed E-state index contributed by atoms with van der Waals surface area (Å²) in [5.41, 5.74) is 0.0251. The van der Waals surface area contributed by atoms with Crippen LogP contribution in [0.25, 0.3) is 0 Å². The normalized spacial score (nSPS) is 10.1. The van der Waals surface area contributed by atoms with Gasteiger partial charge in [-0.25, -0.2) is 8.78 Å². The molecule has 0 saturated carbocycles. The number of hydrogen-bond acceptors (Lipinski definition) is 3. The Morgan fingerprint density at radius 1 is 1.28 bits per heavy atom. The number of hydrogen-bond donors (Lipinski definition) is 2. The maximum absolute atomic E-state index is 12.8. The highest BCUT2D eigenvalue weighted by Gasteiger charge is 2.09. The number of carbonyl (C=O) groups excluding carboxylic acids is 1. The number of halogens is 2. The van der Waals surface area contributed by atoms with Crippen molar-refractivity contribution in [3.8, 4) is 0 Å². The van der Waals surface area contributed by atoms with Gasteiger partial charge < -0.3 is 10.4 Å². The van der Waals surface area contributed by atoms with Gasteiger partial charge in [-0.3, -0.25) is 9.59 Å². The van der Waals surface area contributed by atoms with Gasteiger partial charge in [0.1, 0.15) is 0 Å². The van der Waals surface area contributed by atoms with Crippen LogP contribution in [0.15, 0.2) is 18.2 Å². The zero-order valence-corrected chi connectivity index (χ0v) is 10.1. The van der Waals surface area contributed by atoms with E-state index in [9.17, 15) is 18.4 Å². The number of amides is 1. The molecular formula is C11H11F2NO3S. The lowest BCUT2D eigenvalue weighted by atomic mass is 10.2. The number of carboxylic acid groups (broad SMARTS) is 1. The SMILES string of the molecule is O=C(O)CSCCNC(=O)c1ccc(F)c(F)c1. The van der Waals surface area contributed by atoms with Crippen LogP contribution in [0.3, 0.4) is 0 Å². The fourth-order valence-corrected chi connectivity index (χ4v) is 1.70. The summed E-state index contributed by atoms with van der Waals surface area (Å²) in [5, 5.41) is 10.8. The molecule has 7 heteroatoms. The summed E-state index contributed by atoms with van der Waals surface area (Å²) in [4.78, 5) is 21.7. The van der Waals surface area contributed by atoms with E-state index in [1.807, 2.05) is 0 Å². The van der Waals surface area contributed by atoms with Crippen LogP contribution in [-0.4, -0.2) is 35.0 Å². The van der Waals surface area contributed by atoms with Crippen LogP contribution in [0.1, 0.15) is 10.4 Å². The van der Waals surface area contributed by atoms with Crippen LogP contribution in [0.5, 0.6) is 0 Å². The molecule has 0 unspecified atom stereocenters. The molecule has 98 valence electrons. The Kier molecular flexibility index (Phi) is 5.57. The van der Waals surface area contributed by atoms with E-state index in [0.29, 0.717) is 5.75 Å². The van der Waals surface area contributed by atoms with E-state index in [1.165, 1.54) is 6.07 Å². The maximum atomic E-state index is 12.8. The van der Waals surface area contributed by atoms with E-state index >= 15 is 0 Å². The smallest absolute Gasteiger partial charge is 0.313 e. The monoisotopic (exact) mass is 275 g/mol. The zero-order valence-electron chi connectivity index (χ0n) is 9.28. The molecular weight excluding hydrogens is 264 g/mol. The summed E-state index contributed by atoms with van der Waals surface area (Å²) in [6.45, 7) is 0.260. The number of aliphatic carboxylic acids is 1. The van der Waals surface area contributed by atoms with Crippen molar-refractivity contribution in [1.29, 1.82) is 0 Å². The molecule has 0 radical (unpaired) electrons. The molecule has 1 rings (SSSR count). The second kappa shape index (κ2) is 6.95. The molecule has 4 nitrogen and oxygen atoms in total. The van der Waals surface area contributed by atoms with Crippen molar-refractivity contribution in [1.82, 2.24) is 5.32 Å². The van der Waals surface area contributed by atoms with Crippen LogP contribution in [0.4, 0.5) is 8.78 Å². The van der Waals surface area contributed by atoms with E-state index in [0.717, 1.165) is 23.9 Å². The van der Waals surface area contributed by atoms with Crippen LogP contribution >= 0.6 is 11.8 Å². The highest BCUT2D eigenvalue weighted by atomic mass is 32.2. The third-order valence-electron chi connectivity index (χ3n) is 1.94. The third-order valence-corrected chi connectivity index (χ3v) is 2.88. The third kappa shape index (κ3) is 4.70. The summed E-state index contributed by atoms with van der Waals surface area (Å²) in [5.74, 6) is -3.15. The molecule has 0 atom stereocenters. The number of thioether (sulfide) groups is 1. The molecule has 0 aliphatic rings. The molecule has 0 aromatic heterocycles. The largest absolute Gasteiger partial charge is 0.481 e. The average Bonchev–Trinajstić information content (AvgIpc) is 2.31. The average molecular weight is 275 g/mol. The standard InChI is InChI=1S/C11H11F2NO3S/c12-8-2-1-7(5-9(8)13)11(17)14-3-4-18-6-10(15)16/h1-2,5H,3-4,6H2,(H,14,17)(H,15,16). The molecule has 1 aromatic carbocycles. The first-order valence-electron chi connectivity index (χ1n) is 5.03. The van der Waals surface area contributed by atoms with Crippen molar-refractivity contribution in [3.05, 3.63) is 35.4 Å². The second-order valence-corrected chi connectivity index (χ2v) is 4.44. The van der Waals surface area contributed by atoms with Crippen LogP contribution in [0.2, 0.25) is 0 Å². The number of nitrogens with one attached hydrogen (secondary N) is 1. The number of carbonyl (C=O) groups is 2. The molecule has 0 spiro atoms. The van der Waals surface area contributed by atoms with Crippen molar-refractivity contribution in [2.24, 2.45) is 0 Å². The topological polar surface area (TPSA) is 66.4 Å². The van der Waals surface area contributed by atoms with E-state index < -0.39 is 23.5 Å². The van der Waals surface area contributed by atoms with Crippen molar-refractivity contribution in [2.45, 2.75) is 0 Å². The van der Waals surface area contributed by atoms with Crippen LogP contribution < -0.4 is 5.32 Å². The Bertz CT molecular complexity index is 454. The van der Waals surface area contributed by atoms with Gasteiger partial charge >= 0.3 is 5.97 Å². The minimum atomic E-state index is -1.08. The lowest BCUT2D eigenvalue weighted by molar-refractivity contribution is -0.133. The van der Waals surface area contributed by atoms with Gasteiger partial charge in [-0.2, -0.15) is 0 Å². The summed E-state index contributed by atoms with van der Waals surface area (Å²) in [7, 11) is 0. The van der Waals surface area contributed by atoms with Crippen molar-refractivity contribution >= 4 is 23.6 Å². The minimum absolute atomic E-state index is 0.0251. The first-order chi connectivity index (χ1) is 8.50. The van der Waals surface area contributed by atoms with Gasteiger partial charge in [0, 0.05) is 17.9 Å². The first-order valence-corrected chi connectivity index (χ1v) is 6.19. The molecule has 2 N–H and O–H groups in total. The summed E-state index contributed by atoms with van der Waals surface area (Å²) in [6, 6.07) is 2.87. The Labute approximate surface area is 106 Å². The van der Waals surface area contributed by atoms with Crippen molar-refractivity contribution in [3.63, 3.8) is 0 Å². The van der Waals surface area contributed by atoms with E-state index in [4.69, 9.17) is 5.11 Å². The van der Waals surface area contributed by atoms with Gasteiger partial charge in [0.15, 0.2) is 11.6 Å². The fourth-order valence-electron chi connectivity index (χ4n) is 1.14. The lowest BCUT2D eigenvalue weighted by Crippen LogP contribution is -2.26. The number of carboxylic acids is 1. The number of rotatable bonds is 6. The lowest BCUT2D eigenvalue weighted by Gasteiger charge is -2.04. The quantitative estimate of drug-likeness (QED) is 0.772. The maximum Gasteiger partial charge on any atom is 0.313 e.